The van der Waals surface area contributed by atoms with Crippen LogP contribution >= 0.6 is 0 Å². The van der Waals surface area contributed by atoms with Crippen molar-refractivity contribution in [3.8, 4) is 0 Å². The summed E-state index contributed by atoms with van der Waals surface area (Å²) in [6, 6.07) is 0. The van der Waals surface area contributed by atoms with E-state index in [-0.39, 0.29) is 0 Å². The molecule has 23 heavy (non-hydrogen) atoms. The highest BCUT2D eigenvalue weighted by Crippen LogP contribution is 2.65. The first-order chi connectivity index (χ1) is 9.77. The molecular formula is C8F14O. The van der Waals surface area contributed by atoms with Gasteiger partial charge in [0.05, 0.1) is 0 Å². The maximum atomic E-state index is 13.1. The van der Waals surface area contributed by atoms with E-state index in [4.69, 9.17) is 0 Å². The van der Waals surface area contributed by atoms with Gasteiger partial charge in [0.15, 0.2) is 11.7 Å². The molecular weight excluding hydrogens is 378 g/mol. The van der Waals surface area contributed by atoms with Crippen molar-refractivity contribution in [1.82, 2.24) is 0 Å². The SMILES string of the molecule is FC1=C(F)C(C(F)(F)F)(C(F)(F)F)OC1(C(F)(F)F)C(F)(F)F. The van der Waals surface area contributed by atoms with Crippen LogP contribution in [0, 0.1) is 0 Å². The quantitative estimate of drug-likeness (QED) is 0.546. The molecule has 0 aromatic rings. The third kappa shape index (κ3) is 2.26. The topological polar surface area (TPSA) is 9.23 Å². The van der Waals surface area contributed by atoms with Crippen molar-refractivity contribution in [2.24, 2.45) is 0 Å². The lowest BCUT2D eigenvalue weighted by Crippen LogP contribution is -2.65. The average Bonchev–Trinajstić information content (AvgIpc) is 2.47. The highest BCUT2D eigenvalue weighted by atomic mass is 19.4. The predicted octanol–water partition coefficient (Wildman–Crippen LogP) is 4.89. The maximum Gasteiger partial charge on any atom is 0.433 e. The molecule has 0 atom stereocenters. The van der Waals surface area contributed by atoms with E-state index >= 15 is 0 Å². The number of alkyl halides is 12. The van der Waals surface area contributed by atoms with Crippen LogP contribution in [0.4, 0.5) is 61.5 Å². The second-order valence-corrected chi connectivity index (χ2v) is 4.08. The van der Waals surface area contributed by atoms with Gasteiger partial charge in [0, 0.05) is 0 Å². The Labute approximate surface area is 115 Å². The number of halogens is 14. The summed E-state index contributed by atoms with van der Waals surface area (Å²) < 4.78 is 178. The van der Waals surface area contributed by atoms with Gasteiger partial charge in [-0.2, -0.15) is 52.7 Å². The molecule has 1 aliphatic rings. The van der Waals surface area contributed by atoms with Gasteiger partial charge in [-0.25, -0.2) is 8.78 Å². The van der Waals surface area contributed by atoms with E-state index in [1.165, 1.54) is 0 Å². The molecule has 0 amide bonds. The van der Waals surface area contributed by atoms with Gasteiger partial charge in [-0.3, -0.25) is 0 Å². The lowest BCUT2D eigenvalue weighted by Gasteiger charge is -2.38. The van der Waals surface area contributed by atoms with Gasteiger partial charge in [-0.1, -0.05) is 0 Å². The van der Waals surface area contributed by atoms with Gasteiger partial charge in [0.1, 0.15) is 0 Å². The first-order valence-corrected chi connectivity index (χ1v) is 4.80. The Balaban J connectivity index is 3.90. The van der Waals surface area contributed by atoms with Gasteiger partial charge >= 0.3 is 35.9 Å². The summed E-state index contributed by atoms with van der Waals surface area (Å²) in [5.41, 5.74) is -13.5. The Morgan fingerprint density at radius 2 is 0.652 bits per heavy atom. The summed E-state index contributed by atoms with van der Waals surface area (Å²) in [4.78, 5) is 0. The smallest absolute Gasteiger partial charge is 0.321 e. The van der Waals surface area contributed by atoms with Crippen LogP contribution < -0.4 is 0 Å². The second kappa shape index (κ2) is 4.63. The lowest BCUT2D eigenvalue weighted by molar-refractivity contribution is -0.440. The molecule has 1 aliphatic heterocycles. The molecule has 0 aliphatic carbocycles. The number of ether oxygens (including phenoxy) is 1. The molecule has 0 aromatic heterocycles. The van der Waals surface area contributed by atoms with E-state index in [2.05, 4.69) is 4.74 Å². The Morgan fingerprint density at radius 3 is 0.739 bits per heavy atom. The van der Waals surface area contributed by atoms with E-state index < -0.39 is 47.6 Å². The van der Waals surface area contributed by atoms with Crippen molar-refractivity contribution in [3.63, 3.8) is 0 Å². The fourth-order valence-corrected chi connectivity index (χ4v) is 1.68. The normalized spacial score (nSPS) is 22.7. The van der Waals surface area contributed by atoms with Gasteiger partial charge in [-0.05, 0) is 0 Å². The number of rotatable bonds is 0. The van der Waals surface area contributed by atoms with Crippen molar-refractivity contribution in [2.45, 2.75) is 35.9 Å². The van der Waals surface area contributed by atoms with Crippen LogP contribution in [-0.2, 0) is 4.74 Å². The summed E-state index contributed by atoms with van der Waals surface area (Å²) in [5, 5.41) is 0. The zero-order valence-electron chi connectivity index (χ0n) is 9.70. The average molecular weight is 378 g/mol. The molecule has 0 unspecified atom stereocenters. The molecule has 0 spiro atoms. The van der Waals surface area contributed by atoms with Crippen LogP contribution in [-0.4, -0.2) is 35.9 Å². The maximum absolute atomic E-state index is 13.1. The summed E-state index contributed by atoms with van der Waals surface area (Å²) in [6.45, 7) is 0. The standard InChI is InChI=1S/C8F14O/c9-1-2(10)4(7(17,18)19,8(20,21)22)23-3(1,5(11,12)13)6(14,15)16. The van der Waals surface area contributed by atoms with Crippen molar-refractivity contribution in [1.29, 1.82) is 0 Å². The van der Waals surface area contributed by atoms with E-state index in [9.17, 15) is 61.5 Å². The van der Waals surface area contributed by atoms with Crippen LogP contribution in [0.5, 0.6) is 0 Å². The van der Waals surface area contributed by atoms with Gasteiger partial charge in [0.2, 0.25) is 0 Å². The Hall–Kier alpha value is -1.28. The van der Waals surface area contributed by atoms with Gasteiger partial charge < -0.3 is 4.74 Å². The molecule has 0 aromatic carbocycles. The summed E-state index contributed by atoms with van der Waals surface area (Å²) >= 11 is 0. The summed E-state index contributed by atoms with van der Waals surface area (Å²) in [7, 11) is 0. The third-order valence-electron chi connectivity index (χ3n) is 2.71. The van der Waals surface area contributed by atoms with Crippen molar-refractivity contribution < 1.29 is 66.2 Å². The van der Waals surface area contributed by atoms with Crippen LogP contribution in [0.15, 0.2) is 11.7 Å². The molecule has 1 rings (SSSR count). The van der Waals surface area contributed by atoms with Gasteiger partial charge in [0.25, 0.3) is 0 Å². The highest BCUT2D eigenvalue weighted by Gasteiger charge is 2.90. The monoisotopic (exact) mass is 378 g/mol. The Morgan fingerprint density at radius 1 is 0.478 bits per heavy atom. The fourth-order valence-electron chi connectivity index (χ4n) is 1.68. The van der Waals surface area contributed by atoms with E-state index in [0.29, 0.717) is 0 Å². The molecule has 0 bridgehead atoms. The Kier molecular flexibility index (Phi) is 3.98. The minimum absolute atomic E-state index is 2.09. The zero-order valence-corrected chi connectivity index (χ0v) is 9.70. The minimum atomic E-state index is -7.22. The van der Waals surface area contributed by atoms with Crippen LogP contribution in [0.2, 0.25) is 0 Å². The Bertz CT molecular complexity index is 439. The van der Waals surface area contributed by atoms with Gasteiger partial charge in [-0.15, -0.1) is 0 Å². The van der Waals surface area contributed by atoms with E-state index in [1.54, 1.807) is 0 Å². The minimum Gasteiger partial charge on any atom is -0.321 e. The third-order valence-corrected chi connectivity index (χ3v) is 2.71. The summed E-state index contributed by atoms with van der Waals surface area (Å²) in [5.74, 6) is -8.85. The van der Waals surface area contributed by atoms with Crippen molar-refractivity contribution >= 4 is 0 Å². The molecule has 136 valence electrons. The molecule has 1 heterocycles. The lowest BCUT2D eigenvalue weighted by atomic mass is 9.99. The number of hydrogen-bond acceptors (Lipinski definition) is 1. The first kappa shape index (κ1) is 19.8. The highest BCUT2D eigenvalue weighted by molar-refractivity contribution is 5.36. The predicted molar refractivity (Wildman–Crippen MR) is 40.0 cm³/mol. The fraction of sp³-hybridized carbons (Fsp3) is 0.750. The van der Waals surface area contributed by atoms with E-state index in [0.717, 1.165) is 0 Å². The van der Waals surface area contributed by atoms with Crippen LogP contribution in [0.1, 0.15) is 0 Å². The molecule has 0 N–H and O–H groups in total. The molecule has 1 nitrogen and oxygen atoms in total. The first-order valence-electron chi connectivity index (χ1n) is 4.80. The van der Waals surface area contributed by atoms with Crippen molar-refractivity contribution in [2.75, 3.05) is 0 Å². The number of hydrogen-bond donors (Lipinski definition) is 0. The van der Waals surface area contributed by atoms with Crippen LogP contribution in [0.3, 0.4) is 0 Å². The second-order valence-electron chi connectivity index (χ2n) is 4.08. The zero-order chi connectivity index (χ0) is 18.9. The molecule has 15 heteroatoms. The van der Waals surface area contributed by atoms with Crippen molar-refractivity contribution in [3.05, 3.63) is 11.7 Å². The van der Waals surface area contributed by atoms with E-state index in [1.807, 2.05) is 0 Å². The summed E-state index contributed by atoms with van der Waals surface area (Å²) in [6.07, 6.45) is -28.9. The molecule has 0 saturated heterocycles. The molecule has 0 radical (unpaired) electrons. The van der Waals surface area contributed by atoms with Crippen LogP contribution in [0.25, 0.3) is 0 Å². The molecule has 0 fully saturated rings. The molecule has 0 saturated carbocycles. The largest absolute Gasteiger partial charge is 0.433 e.